The Kier molecular flexibility index (Phi) is 7.35. The van der Waals surface area contributed by atoms with Gasteiger partial charge in [0.2, 0.25) is 0 Å². The fourth-order valence-electron chi connectivity index (χ4n) is 2.08. The maximum atomic E-state index is 12.3. The number of halogens is 3. The van der Waals surface area contributed by atoms with Crippen molar-refractivity contribution in [2.24, 2.45) is 0 Å². The van der Waals surface area contributed by atoms with Crippen LogP contribution in [0.3, 0.4) is 0 Å². The van der Waals surface area contributed by atoms with Gasteiger partial charge in [0.05, 0.1) is 16.7 Å². The van der Waals surface area contributed by atoms with Gasteiger partial charge in [-0.05, 0) is 48.4 Å². The Labute approximate surface area is 166 Å². The smallest absolute Gasteiger partial charge is 0.266 e. The van der Waals surface area contributed by atoms with Crippen LogP contribution in [0.2, 0.25) is 15.1 Å². The molecule has 0 heterocycles. The van der Waals surface area contributed by atoms with Crippen LogP contribution in [-0.4, -0.2) is 12.5 Å². The van der Waals surface area contributed by atoms with Crippen LogP contribution >= 0.6 is 34.8 Å². The molecular formula is C19H15Cl3N2O2. The number of carbonyl (C=O) groups is 1. The van der Waals surface area contributed by atoms with Crippen molar-refractivity contribution in [2.75, 3.05) is 11.9 Å². The predicted octanol–water partition coefficient (Wildman–Crippen LogP) is 5.98. The summed E-state index contributed by atoms with van der Waals surface area (Å²) in [7, 11) is 0. The van der Waals surface area contributed by atoms with Gasteiger partial charge in [-0.1, -0.05) is 47.8 Å². The molecule has 0 bridgehead atoms. The van der Waals surface area contributed by atoms with Crippen molar-refractivity contribution in [3.05, 3.63) is 62.6 Å². The van der Waals surface area contributed by atoms with E-state index in [-0.39, 0.29) is 5.57 Å². The molecule has 26 heavy (non-hydrogen) atoms. The van der Waals surface area contributed by atoms with Crippen LogP contribution in [-0.2, 0) is 4.79 Å². The molecule has 0 saturated carbocycles. The lowest BCUT2D eigenvalue weighted by molar-refractivity contribution is -0.112. The maximum absolute atomic E-state index is 12.3. The number of carbonyl (C=O) groups excluding carboxylic acids is 1. The number of hydrogen-bond donors (Lipinski definition) is 1. The fourth-order valence-corrected chi connectivity index (χ4v) is 2.89. The van der Waals surface area contributed by atoms with Gasteiger partial charge in [-0.25, -0.2) is 0 Å². The molecule has 0 radical (unpaired) electrons. The summed E-state index contributed by atoms with van der Waals surface area (Å²) in [5.41, 5.74) is 0.906. The molecule has 4 nitrogen and oxygen atoms in total. The number of nitrogens with zero attached hydrogens (tertiary/aromatic N) is 1. The molecule has 0 spiro atoms. The average molecular weight is 410 g/mol. The summed E-state index contributed by atoms with van der Waals surface area (Å²) < 4.78 is 5.50. The van der Waals surface area contributed by atoms with Crippen LogP contribution in [0.15, 0.2) is 42.0 Å². The van der Waals surface area contributed by atoms with Gasteiger partial charge in [-0.2, -0.15) is 5.26 Å². The topological polar surface area (TPSA) is 62.1 Å². The van der Waals surface area contributed by atoms with Gasteiger partial charge in [0, 0.05) is 10.7 Å². The van der Waals surface area contributed by atoms with Crippen molar-refractivity contribution < 1.29 is 9.53 Å². The maximum Gasteiger partial charge on any atom is 0.266 e. The number of anilines is 1. The molecule has 0 aromatic heterocycles. The predicted molar refractivity (Wildman–Crippen MR) is 106 cm³/mol. The summed E-state index contributed by atoms with van der Waals surface area (Å²) >= 11 is 18.3. The van der Waals surface area contributed by atoms with E-state index in [9.17, 15) is 10.1 Å². The monoisotopic (exact) mass is 408 g/mol. The number of rotatable bonds is 6. The fraction of sp³-hybridized carbons (Fsp3) is 0.158. The zero-order valence-electron chi connectivity index (χ0n) is 13.9. The van der Waals surface area contributed by atoms with Crippen molar-refractivity contribution in [1.82, 2.24) is 0 Å². The van der Waals surface area contributed by atoms with Gasteiger partial charge in [-0.15, -0.1) is 0 Å². The normalized spacial score (nSPS) is 11.0. The van der Waals surface area contributed by atoms with Gasteiger partial charge in [-0.3, -0.25) is 4.79 Å². The Bertz CT molecular complexity index is 866. The highest BCUT2D eigenvalue weighted by Crippen LogP contribution is 2.35. The molecule has 134 valence electrons. The first-order chi connectivity index (χ1) is 12.4. The largest absolute Gasteiger partial charge is 0.490 e. The average Bonchev–Trinajstić information content (AvgIpc) is 2.59. The van der Waals surface area contributed by atoms with Crippen molar-refractivity contribution in [2.45, 2.75) is 13.3 Å². The molecule has 2 aromatic rings. The number of nitriles is 1. The third-order valence-electron chi connectivity index (χ3n) is 3.23. The summed E-state index contributed by atoms with van der Waals surface area (Å²) in [6, 6.07) is 11.7. The summed E-state index contributed by atoms with van der Waals surface area (Å²) in [4.78, 5) is 12.3. The SMILES string of the molecule is CCCOc1c(Cl)cc(/C=C(\C#N)C(=O)Nc2cccc(Cl)c2)cc1Cl. The second-order valence-corrected chi connectivity index (χ2v) is 6.55. The quantitative estimate of drug-likeness (QED) is 0.471. The standard InChI is InChI=1S/C19H15Cl3N2O2/c1-2-6-26-18-16(21)8-12(9-17(18)22)7-13(11-23)19(25)24-15-5-3-4-14(20)10-15/h3-5,7-10H,2,6H2,1H3,(H,24,25)/b13-7+. The molecular weight excluding hydrogens is 395 g/mol. The zero-order valence-corrected chi connectivity index (χ0v) is 16.1. The lowest BCUT2D eigenvalue weighted by atomic mass is 10.1. The molecule has 1 amide bonds. The van der Waals surface area contributed by atoms with Crippen LogP contribution in [0.4, 0.5) is 5.69 Å². The van der Waals surface area contributed by atoms with Gasteiger partial charge in [0.1, 0.15) is 11.6 Å². The van der Waals surface area contributed by atoms with Crippen molar-refractivity contribution in [3.63, 3.8) is 0 Å². The Morgan fingerprint density at radius 2 is 1.92 bits per heavy atom. The van der Waals surface area contributed by atoms with Crippen molar-refractivity contribution in [3.8, 4) is 11.8 Å². The molecule has 2 rings (SSSR count). The second kappa shape index (κ2) is 9.49. The minimum atomic E-state index is -0.562. The summed E-state index contributed by atoms with van der Waals surface area (Å²) in [5.74, 6) is -0.178. The molecule has 0 aliphatic heterocycles. The number of hydrogen-bond acceptors (Lipinski definition) is 3. The first kappa shape index (κ1) is 20.1. The van der Waals surface area contributed by atoms with Crippen molar-refractivity contribution >= 4 is 52.5 Å². The van der Waals surface area contributed by atoms with Gasteiger partial charge in [0.25, 0.3) is 5.91 Å². The Hall–Kier alpha value is -2.19. The van der Waals surface area contributed by atoms with Gasteiger partial charge in [0.15, 0.2) is 5.75 Å². The second-order valence-electron chi connectivity index (χ2n) is 5.30. The zero-order chi connectivity index (χ0) is 19.1. The van der Waals surface area contributed by atoms with E-state index < -0.39 is 5.91 Å². The minimum absolute atomic E-state index is 0.0978. The van der Waals surface area contributed by atoms with Gasteiger partial charge >= 0.3 is 0 Å². The highest BCUT2D eigenvalue weighted by atomic mass is 35.5. The summed E-state index contributed by atoms with van der Waals surface area (Å²) in [5, 5.41) is 13.0. The van der Waals surface area contributed by atoms with E-state index in [1.165, 1.54) is 6.08 Å². The minimum Gasteiger partial charge on any atom is -0.490 e. The van der Waals surface area contributed by atoms with E-state index in [0.717, 1.165) is 6.42 Å². The van der Waals surface area contributed by atoms with Crippen LogP contribution in [0.25, 0.3) is 6.08 Å². The highest BCUT2D eigenvalue weighted by molar-refractivity contribution is 6.37. The number of nitrogens with one attached hydrogen (secondary N) is 1. The molecule has 0 atom stereocenters. The van der Waals surface area contributed by atoms with E-state index in [4.69, 9.17) is 39.5 Å². The molecule has 0 fully saturated rings. The third-order valence-corrected chi connectivity index (χ3v) is 4.03. The number of amides is 1. The molecule has 2 aromatic carbocycles. The van der Waals surface area contributed by atoms with Crippen LogP contribution in [0.5, 0.6) is 5.75 Å². The van der Waals surface area contributed by atoms with E-state index in [1.54, 1.807) is 36.4 Å². The molecule has 7 heteroatoms. The summed E-state index contributed by atoms with van der Waals surface area (Å²) in [6.45, 7) is 2.46. The van der Waals surface area contributed by atoms with E-state index in [1.807, 2.05) is 13.0 Å². The molecule has 0 unspecified atom stereocenters. The highest BCUT2D eigenvalue weighted by Gasteiger charge is 2.13. The molecule has 0 aliphatic carbocycles. The van der Waals surface area contributed by atoms with Crippen LogP contribution in [0, 0.1) is 11.3 Å². The first-order valence-electron chi connectivity index (χ1n) is 7.75. The molecule has 0 aliphatic rings. The van der Waals surface area contributed by atoms with Gasteiger partial charge < -0.3 is 10.1 Å². The number of ether oxygens (including phenoxy) is 1. The lowest BCUT2D eigenvalue weighted by Gasteiger charge is -2.10. The molecule has 0 saturated heterocycles. The van der Waals surface area contributed by atoms with E-state index >= 15 is 0 Å². The Morgan fingerprint density at radius 3 is 2.50 bits per heavy atom. The first-order valence-corrected chi connectivity index (χ1v) is 8.88. The van der Waals surface area contributed by atoms with E-state index in [0.29, 0.717) is 38.7 Å². The van der Waals surface area contributed by atoms with Crippen LogP contribution in [0.1, 0.15) is 18.9 Å². The summed E-state index contributed by atoms with van der Waals surface area (Å²) in [6.07, 6.45) is 2.22. The Balaban J connectivity index is 2.25. The Morgan fingerprint density at radius 1 is 1.23 bits per heavy atom. The van der Waals surface area contributed by atoms with Crippen LogP contribution < -0.4 is 10.1 Å². The molecule has 1 N–H and O–H groups in total. The van der Waals surface area contributed by atoms with Crippen molar-refractivity contribution in [1.29, 1.82) is 5.26 Å². The lowest BCUT2D eigenvalue weighted by Crippen LogP contribution is -2.13. The third kappa shape index (κ3) is 5.40. The number of benzene rings is 2. The van der Waals surface area contributed by atoms with E-state index in [2.05, 4.69) is 5.32 Å².